The Bertz CT molecular complexity index is 560. The van der Waals surface area contributed by atoms with Crippen molar-refractivity contribution in [2.24, 2.45) is 0 Å². The first-order chi connectivity index (χ1) is 15.0. The molecule has 1 aromatic rings. The average molecular weight is 465 g/mol. The van der Waals surface area contributed by atoms with E-state index >= 15 is 0 Å². The smallest absolute Gasteiger partial charge is 0.251 e. The maximum atomic E-state index is 7.02. The Morgan fingerprint density at radius 3 is 1.52 bits per heavy atom. The van der Waals surface area contributed by atoms with Gasteiger partial charge in [-0.1, -0.05) is 111 Å². The molecule has 0 aromatic heterocycles. The molecular weight excluding hydrogens is 412 g/mol. The highest BCUT2D eigenvalue weighted by Gasteiger charge is 2.35. The molecule has 0 aliphatic rings. The first kappa shape index (κ1) is 28.4. The van der Waals surface area contributed by atoms with Crippen LogP contribution in [-0.2, 0) is 11.0 Å². The fourth-order valence-electron chi connectivity index (χ4n) is 4.56. The van der Waals surface area contributed by atoms with Crippen molar-refractivity contribution < 1.29 is 8.85 Å². The number of rotatable bonds is 19. The van der Waals surface area contributed by atoms with Gasteiger partial charge >= 0.3 is 0 Å². The Labute approximate surface area is 196 Å². The molecule has 0 saturated heterocycles. The molecular formula is C27H52O2Si2. The van der Waals surface area contributed by atoms with Gasteiger partial charge in [0.05, 0.1) is 6.61 Å². The molecule has 0 unspecified atom stereocenters. The molecule has 0 aliphatic carbocycles. The third-order valence-electron chi connectivity index (χ3n) is 7.07. The van der Waals surface area contributed by atoms with Crippen LogP contribution in [-0.4, -0.2) is 16.6 Å². The van der Waals surface area contributed by atoms with Crippen LogP contribution in [0, 0.1) is 0 Å². The van der Waals surface area contributed by atoms with Crippen molar-refractivity contribution in [3.8, 4) is 5.75 Å². The van der Waals surface area contributed by atoms with Crippen LogP contribution in [0.5, 0.6) is 5.75 Å². The van der Waals surface area contributed by atoms with E-state index in [1.807, 2.05) is 0 Å². The highest BCUT2D eigenvalue weighted by Crippen LogP contribution is 2.34. The number of hydrogen-bond acceptors (Lipinski definition) is 2. The molecule has 31 heavy (non-hydrogen) atoms. The van der Waals surface area contributed by atoms with Gasteiger partial charge in [-0.3, -0.25) is 0 Å². The summed E-state index contributed by atoms with van der Waals surface area (Å²) in [4.78, 5) is 0. The first-order valence-electron chi connectivity index (χ1n) is 13.4. The second kappa shape index (κ2) is 16.1. The van der Waals surface area contributed by atoms with Gasteiger partial charge in [-0.05, 0) is 42.3 Å². The summed E-state index contributed by atoms with van der Waals surface area (Å²) in [6, 6.07) is 16.4. The minimum Gasteiger partial charge on any atom is -0.543 e. The topological polar surface area (TPSA) is 18.5 Å². The normalized spacial score (nSPS) is 12.3. The molecule has 0 spiro atoms. The third kappa shape index (κ3) is 9.83. The van der Waals surface area contributed by atoms with Crippen LogP contribution in [0.3, 0.4) is 0 Å². The second-order valence-electron chi connectivity index (χ2n) is 9.49. The summed E-state index contributed by atoms with van der Waals surface area (Å²) in [7, 11) is -3.42. The summed E-state index contributed by atoms with van der Waals surface area (Å²) in [6.45, 7) is 14.7. The molecule has 0 aliphatic heterocycles. The van der Waals surface area contributed by atoms with Gasteiger partial charge in [-0.15, -0.1) is 0 Å². The average Bonchev–Trinajstić information content (AvgIpc) is 2.81. The zero-order valence-electron chi connectivity index (χ0n) is 21.7. The molecule has 1 rings (SSSR count). The fraction of sp³-hybridized carbons (Fsp3) is 0.778. The Morgan fingerprint density at radius 2 is 1.06 bits per heavy atom. The lowest BCUT2D eigenvalue weighted by atomic mass is 10.2. The van der Waals surface area contributed by atoms with Crippen LogP contribution in [0.1, 0.15) is 98.5 Å². The number of benzene rings is 1. The fourth-order valence-corrected chi connectivity index (χ4v) is 12.4. The summed E-state index contributed by atoms with van der Waals surface area (Å²) < 4.78 is 13.9. The Balaban J connectivity index is 3.04. The van der Waals surface area contributed by atoms with Gasteiger partial charge in [0.1, 0.15) is 5.75 Å². The lowest BCUT2D eigenvalue weighted by Crippen LogP contribution is -2.41. The molecule has 1 aromatic carbocycles. The monoisotopic (exact) mass is 464 g/mol. The minimum atomic E-state index is -1.75. The maximum absolute atomic E-state index is 7.02. The van der Waals surface area contributed by atoms with E-state index in [1.165, 1.54) is 93.2 Å². The Kier molecular flexibility index (Phi) is 14.8. The van der Waals surface area contributed by atoms with Crippen molar-refractivity contribution >= 4 is 16.6 Å². The van der Waals surface area contributed by atoms with Crippen LogP contribution in [0.15, 0.2) is 24.3 Å². The van der Waals surface area contributed by atoms with Crippen molar-refractivity contribution in [3.05, 3.63) is 29.8 Å². The summed E-state index contributed by atoms with van der Waals surface area (Å²) in [5, 5.41) is 0. The quantitative estimate of drug-likeness (QED) is 0.190. The van der Waals surface area contributed by atoms with Crippen molar-refractivity contribution in [1.29, 1.82) is 0 Å². The van der Waals surface area contributed by atoms with E-state index in [1.54, 1.807) is 0 Å². The van der Waals surface area contributed by atoms with Crippen molar-refractivity contribution in [2.45, 2.75) is 136 Å². The summed E-state index contributed by atoms with van der Waals surface area (Å²) in [5.74, 6) is 1.12. The molecule has 0 fully saturated rings. The van der Waals surface area contributed by atoms with Crippen molar-refractivity contribution in [3.63, 3.8) is 0 Å². The van der Waals surface area contributed by atoms with Gasteiger partial charge < -0.3 is 8.85 Å². The molecule has 0 radical (unpaired) electrons. The van der Waals surface area contributed by atoms with Gasteiger partial charge in [0.2, 0.25) is 0 Å². The van der Waals surface area contributed by atoms with E-state index in [0.29, 0.717) is 0 Å². The molecule has 180 valence electrons. The molecule has 0 heterocycles. The zero-order chi connectivity index (χ0) is 23.0. The number of unbranched alkanes of at least 4 members (excludes halogenated alkanes) is 4. The van der Waals surface area contributed by atoms with Gasteiger partial charge in [0.15, 0.2) is 8.32 Å². The molecule has 0 amide bonds. The SMILES string of the molecule is CCCC[Si](CC)(CCCC)OCc1ccccc1O[Si](CC)(CCCC)CCCC. The van der Waals surface area contributed by atoms with Crippen LogP contribution in [0.4, 0.5) is 0 Å². The molecule has 0 atom stereocenters. The van der Waals surface area contributed by atoms with E-state index in [0.717, 1.165) is 12.4 Å². The van der Waals surface area contributed by atoms with Crippen LogP contribution in [0.2, 0.25) is 36.3 Å². The highest BCUT2D eigenvalue weighted by molar-refractivity contribution is 6.74. The van der Waals surface area contributed by atoms with Gasteiger partial charge in [-0.2, -0.15) is 0 Å². The van der Waals surface area contributed by atoms with Crippen LogP contribution >= 0.6 is 0 Å². The van der Waals surface area contributed by atoms with Crippen molar-refractivity contribution in [2.75, 3.05) is 0 Å². The van der Waals surface area contributed by atoms with Gasteiger partial charge in [0.25, 0.3) is 8.32 Å². The molecule has 4 heteroatoms. The van der Waals surface area contributed by atoms with E-state index < -0.39 is 16.6 Å². The number of hydrogen-bond donors (Lipinski definition) is 0. The predicted octanol–water partition coefficient (Wildman–Crippen LogP) is 9.71. The summed E-state index contributed by atoms with van der Waals surface area (Å²) >= 11 is 0. The van der Waals surface area contributed by atoms with E-state index in [-0.39, 0.29) is 0 Å². The molecule has 0 saturated carbocycles. The molecule has 0 N–H and O–H groups in total. The highest BCUT2D eigenvalue weighted by atomic mass is 28.4. The van der Waals surface area contributed by atoms with E-state index in [4.69, 9.17) is 8.85 Å². The summed E-state index contributed by atoms with van der Waals surface area (Å²) in [6.07, 6.45) is 10.3. The third-order valence-corrected chi connectivity index (χ3v) is 16.1. The Hall–Kier alpha value is -0.586. The van der Waals surface area contributed by atoms with Crippen LogP contribution < -0.4 is 4.43 Å². The lowest BCUT2D eigenvalue weighted by molar-refractivity contribution is 0.280. The van der Waals surface area contributed by atoms with Gasteiger partial charge in [0, 0.05) is 5.56 Å². The zero-order valence-corrected chi connectivity index (χ0v) is 23.7. The maximum Gasteiger partial charge on any atom is 0.251 e. The van der Waals surface area contributed by atoms with E-state index in [9.17, 15) is 0 Å². The van der Waals surface area contributed by atoms with Crippen LogP contribution in [0.25, 0.3) is 0 Å². The van der Waals surface area contributed by atoms with Crippen molar-refractivity contribution in [1.82, 2.24) is 0 Å². The standard InChI is InChI=1S/C27H52O2Si2/c1-7-13-21-30(11-5,22-14-8-2)28-25-26-19-17-18-20-27(26)29-31(12-6,23-15-9-3)24-16-10-4/h17-20H,7-16,21-25H2,1-6H3. The Morgan fingerprint density at radius 1 is 0.613 bits per heavy atom. The second-order valence-corrected chi connectivity index (χ2v) is 18.1. The van der Waals surface area contributed by atoms with E-state index in [2.05, 4.69) is 65.8 Å². The van der Waals surface area contributed by atoms with Gasteiger partial charge in [-0.25, -0.2) is 0 Å². The molecule has 0 bridgehead atoms. The largest absolute Gasteiger partial charge is 0.543 e. The summed E-state index contributed by atoms with van der Waals surface area (Å²) in [5.41, 5.74) is 1.28. The minimum absolute atomic E-state index is 0.736. The lowest BCUT2D eigenvalue weighted by Gasteiger charge is -2.34. The number of para-hydroxylation sites is 1. The first-order valence-corrected chi connectivity index (χ1v) is 18.5. The predicted molar refractivity (Wildman–Crippen MR) is 143 cm³/mol. The molecule has 2 nitrogen and oxygen atoms in total.